The Morgan fingerprint density at radius 1 is 1.06 bits per heavy atom. The fourth-order valence-corrected chi connectivity index (χ4v) is 5.69. The maximum absolute atomic E-state index is 13.4. The molecule has 1 amide bonds. The van der Waals surface area contributed by atoms with Crippen LogP contribution in [0.25, 0.3) is 0 Å². The van der Waals surface area contributed by atoms with E-state index in [0.29, 0.717) is 12.3 Å². The van der Waals surface area contributed by atoms with Crippen LogP contribution in [0.2, 0.25) is 0 Å². The van der Waals surface area contributed by atoms with Crippen LogP contribution in [0, 0.1) is 16.7 Å². The SMILES string of the molecule is CO[C@@H](NC(=O)[C@H](Cc1ccccc1)OC1CC2CCC1(C)C2(C)C)c1ccccc1. The highest BCUT2D eigenvalue weighted by Gasteiger charge is 2.62. The summed E-state index contributed by atoms with van der Waals surface area (Å²) in [7, 11) is 1.62. The molecule has 0 spiro atoms. The first-order valence-corrected chi connectivity index (χ1v) is 11.4. The molecule has 0 saturated heterocycles. The minimum atomic E-state index is -0.555. The van der Waals surface area contributed by atoms with Gasteiger partial charge < -0.3 is 14.8 Å². The van der Waals surface area contributed by atoms with Gasteiger partial charge in [-0.1, -0.05) is 81.4 Å². The minimum absolute atomic E-state index is 0.0958. The molecule has 2 aromatic carbocycles. The van der Waals surface area contributed by atoms with Gasteiger partial charge in [0, 0.05) is 19.1 Å². The molecular weight excluding hydrogens is 386 g/mol. The molecule has 2 aliphatic carbocycles. The number of carbonyl (C=O) groups is 1. The second kappa shape index (κ2) is 8.76. The van der Waals surface area contributed by atoms with Crippen LogP contribution in [0.5, 0.6) is 0 Å². The molecule has 4 heteroatoms. The Balaban J connectivity index is 1.54. The van der Waals surface area contributed by atoms with E-state index in [4.69, 9.17) is 9.47 Å². The van der Waals surface area contributed by atoms with Gasteiger partial charge in [-0.15, -0.1) is 0 Å². The zero-order valence-electron chi connectivity index (χ0n) is 19.1. The van der Waals surface area contributed by atoms with Crippen LogP contribution in [-0.2, 0) is 20.7 Å². The lowest BCUT2D eigenvalue weighted by Gasteiger charge is -2.40. The molecule has 0 aromatic heterocycles. The molecule has 2 bridgehead atoms. The van der Waals surface area contributed by atoms with E-state index in [2.05, 4.69) is 38.2 Å². The van der Waals surface area contributed by atoms with Crippen molar-refractivity contribution in [2.75, 3.05) is 7.11 Å². The molecule has 2 fully saturated rings. The smallest absolute Gasteiger partial charge is 0.251 e. The second-order valence-electron chi connectivity index (χ2n) is 9.95. The Bertz CT molecular complexity index is 882. The van der Waals surface area contributed by atoms with Crippen LogP contribution in [0.4, 0.5) is 0 Å². The summed E-state index contributed by atoms with van der Waals surface area (Å²) in [5, 5.41) is 3.07. The number of carbonyl (C=O) groups excluding carboxylic acids is 1. The maximum Gasteiger partial charge on any atom is 0.251 e. The van der Waals surface area contributed by atoms with Gasteiger partial charge in [-0.2, -0.15) is 0 Å². The van der Waals surface area contributed by atoms with Crippen molar-refractivity contribution in [1.29, 1.82) is 0 Å². The molecule has 0 radical (unpaired) electrons. The lowest BCUT2D eigenvalue weighted by molar-refractivity contribution is -0.148. The van der Waals surface area contributed by atoms with Gasteiger partial charge in [0.05, 0.1) is 6.10 Å². The van der Waals surface area contributed by atoms with Gasteiger partial charge in [0.25, 0.3) is 5.91 Å². The number of fused-ring (bicyclic) bond motifs is 2. The van der Waals surface area contributed by atoms with Gasteiger partial charge in [-0.25, -0.2) is 0 Å². The fourth-order valence-electron chi connectivity index (χ4n) is 5.69. The highest BCUT2D eigenvalue weighted by atomic mass is 16.5. The predicted octanol–water partition coefficient (Wildman–Crippen LogP) is 5.29. The molecule has 2 saturated carbocycles. The standard InChI is InChI=1S/C27H35NO3/c1-26(2)21-15-16-27(26,3)23(18-21)31-22(17-19-11-7-5-8-12-19)24(29)28-25(30-4)20-13-9-6-10-14-20/h5-14,21-23,25H,15-18H2,1-4H3,(H,28,29)/t21?,22-,23?,25+,27?/m0/s1. The fraction of sp³-hybridized carbons (Fsp3) is 0.519. The van der Waals surface area contributed by atoms with Crippen LogP contribution in [0.15, 0.2) is 60.7 Å². The average Bonchev–Trinajstić information content (AvgIpc) is 3.11. The summed E-state index contributed by atoms with van der Waals surface area (Å²) in [6.45, 7) is 7.09. The van der Waals surface area contributed by atoms with E-state index in [-0.39, 0.29) is 22.8 Å². The Morgan fingerprint density at radius 3 is 2.26 bits per heavy atom. The zero-order valence-corrected chi connectivity index (χ0v) is 19.1. The van der Waals surface area contributed by atoms with Crippen LogP contribution in [0.3, 0.4) is 0 Å². The van der Waals surface area contributed by atoms with E-state index in [1.165, 1.54) is 12.8 Å². The number of benzene rings is 2. The third-order valence-corrected chi connectivity index (χ3v) is 8.21. The summed E-state index contributed by atoms with van der Waals surface area (Å²) in [6, 6.07) is 19.9. The number of hydrogen-bond acceptors (Lipinski definition) is 3. The van der Waals surface area contributed by atoms with Gasteiger partial charge in [0.1, 0.15) is 6.10 Å². The first-order valence-electron chi connectivity index (χ1n) is 11.4. The summed E-state index contributed by atoms with van der Waals surface area (Å²) >= 11 is 0. The average molecular weight is 422 g/mol. The maximum atomic E-state index is 13.4. The Hall–Kier alpha value is -2.17. The molecule has 4 nitrogen and oxygen atoms in total. The van der Waals surface area contributed by atoms with Crippen LogP contribution < -0.4 is 5.32 Å². The summed E-state index contributed by atoms with van der Waals surface area (Å²) in [6.07, 6.45) is 3.06. The number of rotatable bonds is 8. The highest BCUT2D eigenvalue weighted by molar-refractivity contribution is 5.81. The molecule has 5 atom stereocenters. The van der Waals surface area contributed by atoms with Gasteiger partial charge in [-0.05, 0) is 41.6 Å². The Kier molecular flexibility index (Phi) is 6.23. The predicted molar refractivity (Wildman–Crippen MR) is 122 cm³/mol. The van der Waals surface area contributed by atoms with E-state index in [1.54, 1.807) is 7.11 Å². The van der Waals surface area contributed by atoms with Crippen molar-refractivity contribution in [2.45, 2.75) is 64.9 Å². The minimum Gasteiger partial charge on any atom is -0.364 e. The normalized spacial score (nSPS) is 28.3. The molecule has 0 heterocycles. The quantitative estimate of drug-likeness (QED) is 0.589. The van der Waals surface area contributed by atoms with Crippen LogP contribution in [-0.4, -0.2) is 25.2 Å². The third kappa shape index (κ3) is 4.16. The van der Waals surface area contributed by atoms with Gasteiger partial charge in [0.2, 0.25) is 0 Å². The van der Waals surface area contributed by atoms with E-state index in [0.717, 1.165) is 17.5 Å². The first-order chi connectivity index (χ1) is 14.8. The molecule has 2 aliphatic rings. The van der Waals surface area contributed by atoms with Gasteiger partial charge in [-0.3, -0.25) is 4.79 Å². The van der Waals surface area contributed by atoms with Crippen molar-refractivity contribution in [3.8, 4) is 0 Å². The van der Waals surface area contributed by atoms with Crippen LogP contribution >= 0.6 is 0 Å². The van der Waals surface area contributed by atoms with E-state index >= 15 is 0 Å². The van der Waals surface area contributed by atoms with Crippen molar-refractivity contribution >= 4 is 5.91 Å². The molecule has 31 heavy (non-hydrogen) atoms. The number of ether oxygens (including phenoxy) is 2. The topological polar surface area (TPSA) is 47.6 Å². The summed E-state index contributed by atoms with van der Waals surface area (Å²) in [5.74, 6) is 0.544. The molecule has 3 unspecified atom stereocenters. The summed E-state index contributed by atoms with van der Waals surface area (Å²) in [5.41, 5.74) is 2.37. The number of nitrogens with one attached hydrogen (secondary N) is 1. The van der Waals surface area contributed by atoms with Crippen molar-refractivity contribution in [2.24, 2.45) is 16.7 Å². The van der Waals surface area contributed by atoms with Crippen molar-refractivity contribution in [3.05, 3.63) is 71.8 Å². The van der Waals surface area contributed by atoms with E-state index < -0.39 is 12.3 Å². The van der Waals surface area contributed by atoms with E-state index in [9.17, 15) is 4.79 Å². The van der Waals surface area contributed by atoms with Gasteiger partial charge >= 0.3 is 0 Å². The molecule has 166 valence electrons. The Labute approximate surface area is 186 Å². The molecule has 2 aromatic rings. The third-order valence-electron chi connectivity index (χ3n) is 8.21. The van der Waals surface area contributed by atoms with Gasteiger partial charge in [0.15, 0.2) is 6.23 Å². The largest absolute Gasteiger partial charge is 0.364 e. The van der Waals surface area contributed by atoms with Crippen molar-refractivity contribution in [3.63, 3.8) is 0 Å². The summed E-state index contributed by atoms with van der Waals surface area (Å²) < 4.78 is 12.3. The van der Waals surface area contributed by atoms with E-state index in [1.807, 2.05) is 48.5 Å². The van der Waals surface area contributed by atoms with Crippen molar-refractivity contribution in [1.82, 2.24) is 5.32 Å². The van der Waals surface area contributed by atoms with Crippen molar-refractivity contribution < 1.29 is 14.3 Å². The number of methoxy groups -OCH3 is 1. The molecule has 4 rings (SSSR count). The lowest BCUT2D eigenvalue weighted by atomic mass is 9.70. The molecule has 0 aliphatic heterocycles. The zero-order chi connectivity index (χ0) is 22.1. The number of amides is 1. The number of hydrogen-bond donors (Lipinski definition) is 1. The van der Waals surface area contributed by atoms with Crippen LogP contribution in [0.1, 0.15) is 57.4 Å². The first kappa shape index (κ1) is 22.0. The molecular formula is C27H35NO3. The molecule has 1 N–H and O–H groups in total. The lowest BCUT2D eigenvalue weighted by Crippen LogP contribution is -2.46. The highest BCUT2D eigenvalue weighted by Crippen LogP contribution is 2.66. The summed E-state index contributed by atoms with van der Waals surface area (Å²) in [4.78, 5) is 13.4. The monoisotopic (exact) mass is 421 g/mol. The second-order valence-corrected chi connectivity index (χ2v) is 9.95. The Morgan fingerprint density at radius 2 is 1.71 bits per heavy atom.